The maximum Gasteiger partial charge on any atom is 0.176 e. The minimum atomic E-state index is 0.493. The SMILES string of the molecule is Cc1cccc(NC(=S)Nc2ccon2)c1C. The first-order chi connectivity index (χ1) is 8.16. The third-order valence-corrected chi connectivity index (χ3v) is 2.74. The Balaban J connectivity index is 2.06. The number of hydrogen-bond acceptors (Lipinski definition) is 3. The number of anilines is 2. The van der Waals surface area contributed by atoms with E-state index in [0.29, 0.717) is 10.9 Å². The number of rotatable bonds is 2. The van der Waals surface area contributed by atoms with Crippen LogP contribution in [0.15, 0.2) is 35.1 Å². The molecule has 17 heavy (non-hydrogen) atoms. The van der Waals surface area contributed by atoms with Gasteiger partial charge >= 0.3 is 0 Å². The Bertz CT molecular complexity index is 523. The van der Waals surface area contributed by atoms with Crippen LogP contribution >= 0.6 is 12.2 Å². The molecule has 2 aromatic rings. The van der Waals surface area contributed by atoms with Gasteiger partial charge in [0.05, 0.1) is 0 Å². The summed E-state index contributed by atoms with van der Waals surface area (Å²) in [7, 11) is 0. The molecule has 4 nitrogen and oxygen atoms in total. The molecule has 0 saturated heterocycles. The predicted molar refractivity (Wildman–Crippen MR) is 72.3 cm³/mol. The van der Waals surface area contributed by atoms with Crippen LogP contribution in [0.2, 0.25) is 0 Å². The molecule has 0 spiro atoms. The summed E-state index contributed by atoms with van der Waals surface area (Å²) in [6, 6.07) is 7.74. The molecule has 5 heteroatoms. The van der Waals surface area contributed by atoms with Gasteiger partial charge in [0.1, 0.15) is 6.26 Å². The number of aromatic nitrogens is 1. The lowest BCUT2D eigenvalue weighted by molar-refractivity contribution is 0.423. The van der Waals surface area contributed by atoms with Crippen LogP contribution in [0, 0.1) is 13.8 Å². The first-order valence-corrected chi connectivity index (χ1v) is 5.62. The highest BCUT2D eigenvalue weighted by Gasteiger charge is 2.04. The van der Waals surface area contributed by atoms with Gasteiger partial charge in [-0.25, -0.2) is 0 Å². The Kier molecular flexibility index (Phi) is 3.39. The van der Waals surface area contributed by atoms with E-state index < -0.39 is 0 Å². The zero-order valence-corrected chi connectivity index (χ0v) is 10.5. The molecule has 0 unspecified atom stereocenters. The maximum atomic E-state index is 5.18. The summed E-state index contributed by atoms with van der Waals surface area (Å²) in [5.74, 6) is 0.591. The van der Waals surface area contributed by atoms with Gasteiger partial charge < -0.3 is 15.2 Å². The molecule has 0 aliphatic rings. The largest absolute Gasteiger partial charge is 0.363 e. The molecule has 0 atom stereocenters. The fraction of sp³-hybridized carbons (Fsp3) is 0.167. The zero-order valence-electron chi connectivity index (χ0n) is 9.65. The Hall–Kier alpha value is -1.88. The van der Waals surface area contributed by atoms with Crippen LogP contribution in [0.5, 0.6) is 0 Å². The van der Waals surface area contributed by atoms with Crippen LogP contribution in [0.3, 0.4) is 0 Å². The molecule has 0 radical (unpaired) electrons. The highest BCUT2D eigenvalue weighted by Crippen LogP contribution is 2.18. The van der Waals surface area contributed by atoms with E-state index in [1.807, 2.05) is 12.1 Å². The van der Waals surface area contributed by atoms with Crippen molar-refractivity contribution >= 4 is 28.8 Å². The van der Waals surface area contributed by atoms with Crippen molar-refractivity contribution in [1.82, 2.24) is 5.16 Å². The first-order valence-electron chi connectivity index (χ1n) is 5.21. The normalized spacial score (nSPS) is 10.0. The number of benzene rings is 1. The summed E-state index contributed by atoms with van der Waals surface area (Å²) in [6.07, 6.45) is 1.49. The molecule has 0 aliphatic carbocycles. The summed E-state index contributed by atoms with van der Waals surface area (Å²) in [4.78, 5) is 0. The molecular weight excluding hydrogens is 234 g/mol. The van der Waals surface area contributed by atoms with Crippen LogP contribution in [0.25, 0.3) is 0 Å². The van der Waals surface area contributed by atoms with Gasteiger partial charge in [0.25, 0.3) is 0 Å². The Labute approximate surface area is 105 Å². The number of thiocarbonyl (C=S) groups is 1. The first kappa shape index (κ1) is 11.6. The van der Waals surface area contributed by atoms with E-state index in [1.165, 1.54) is 17.4 Å². The van der Waals surface area contributed by atoms with Gasteiger partial charge in [-0.2, -0.15) is 0 Å². The van der Waals surface area contributed by atoms with Crippen molar-refractivity contribution in [1.29, 1.82) is 0 Å². The molecule has 2 rings (SSSR count). The Morgan fingerprint density at radius 3 is 2.76 bits per heavy atom. The van der Waals surface area contributed by atoms with Crippen molar-refractivity contribution in [2.24, 2.45) is 0 Å². The third-order valence-electron chi connectivity index (χ3n) is 2.53. The number of nitrogens with one attached hydrogen (secondary N) is 2. The molecule has 0 fully saturated rings. The summed E-state index contributed by atoms with van der Waals surface area (Å²) >= 11 is 5.18. The molecule has 1 heterocycles. The molecule has 0 aliphatic heterocycles. The molecule has 0 amide bonds. The van der Waals surface area contributed by atoms with E-state index in [-0.39, 0.29) is 0 Å². The number of nitrogens with zero attached hydrogens (tertiary/aromatic N) is 1. The lowest BCUT2D eigenvalue weighted by Crippen LogP contribution is -2.19. The highest BCUT2D eigenvalue weighted by molar-refractivity contribution is 7.80. The number of hydrogen-bond donors (Lipinski definition) is 2. The molecule has 1 aromatic carbocycles. The molecule has 1 aromatic heterocycles. The third kappa shape index (κ3) is 2.82. The van der Waals surface area contributed by atoms with Crippen molar-refractivity contribution in [3.05, 3.63) is 41.7 Å². The van der Waals surface area contributed by atoms with Gasteiger partial charge in [0, 0.05) is 11.8 Å². The smallest absolute Gasteiger partial charge is 0.176 e. The summed E-state index contributed by atoms with van der Waals surface area (Å²) in [6.45, 7) is 4.12. The van der Waals surface area contributed by atoms with Crippen LogP contribution < -0.4 is 10.6 Å². The lowest BCUT2D eigenvalue weighted by Gasteiger charge is -2.12. The second kappa shape index (κ2) is 4.97. The fourth-order valence-electron chi connectivity index (χ4n) is 1.43. The van der Waals surface area contributed by atoms with E-state index in [2.05, 4.69) is 35.7 Å². The minimum Gasteiger partial charge on any atom is -0.363 e. The molecule has 0 bridgehead atoms. The van der Waals surface area contributed by atoms with Crippen LogP contribution in [-0.4, -0.2) is 10.3 Å². The Morgan fingerprint density at radius 2 is 2.06 bits per heavy atom. The van der Waals surface area contributed by atoms with E-state index in [4.69, 9.17) is 16.7 Å². The van der Waals surface area contributed by atoms with Crippen molar-refractivity contribution < 1.29 is 4.52 Å². The van der Waals surface area contributed by atoms with Gasteiger partial charge in [-0.1, -0.05) is 17.3 Å². The van der Waals surface area contributed by atoms with E-state index >= 15 is 0 Å². The van der Waals surface area contributed by atoms with E-state index in [1.54, 1.807) is 6.07 Å². The zero-order chi connectivity index (χ0) is 12.3. The summed E-state index contributed by atoms with van der Waals surface area (Å²) in [5.41, 5.74) is 3.39. The quantitative estimate of drug-likeness (QED) is 0.799. The van der Waals surface area contributed by atoms with Crippen molar-refractivity contribution in [3.63, 3.8) is 0 Å². The van der Waals surface area contributed by atoms with Gasteiger partial charge in [-0.05, 0) is 43.3 Å². The molecule has 2 N–H and O–H groups in total. The van der Waals surface area contributed by atoms with Gasteiger partial charge in [-0.15, -0.1) is 0 Å². The van der Waals surface area contributed by atoms with Gasteiger partial charge in [0.15, 0.2) is 10.9 Å². The van der Waals surface area contributed by atoms with Gasteiger partial charge in [-0.3, -0.25) is 0 Å². The predicted octanol–water partition coefficient (Wildman–Crippen LogP) is 3.10. The average molecular weight is 247 g/mol. The van der Waals surface area contributed by atoms with Crippen LogP contribution in [0.4, 0.5) is 11.5 Å². The molecular formula is C12H13N3OS. The second-order valence-corrected chi connectivity index (χ2v) is 4.12. The monoisotopic (exact) mass is 247 g/mol. The second-order valence-electron chi connectivity index (χ2n) is 3.71. The van der Waals surface area contributed by atoms with Crippen molar-refractivity contribution in [3.8, 4) is 0 Å². The minimum absolute atomic E-state index is 0.493. The van der Waals surface area contributed by atoms with E-state index in [0.717, 1.165) is 5.69 Å². The highest BCUT2D eigenvalue weighted by atomic mass is 32.1. The summed E-state index contributed by atoms with van der Waals surface area (Å²) < 4.78 is 4.71. The van der Waals surface area contributed by atoms with E-state index in [9.17, 15) is 0 Å². The number of aryl methyl sites for hydroxylation is 1. The van der Waals surface area contributed by atoms with Crippen molar-refractivity contribution in [2.75, 3.05) is 10.6 Å². The van der Waals surface area contributed by atoms with Gasteiger partial charge in [0.2, 0.25) is 0 Å². The van der Waals surface area contributed by atoms with Crippen molar-refractivity contribution in [2.45, 2.75) is 13.8 Å². The average Bonchev–Trinajstić information content (AvgIpc) is 2.77. The summed E-state index contributed by atoms with van der Waals surface area (Å²) in [5, 5.41) is 10.3. The lowest BCUT2D eigenvalue weighted by atomic mass is 10.1. The molecule has 0 saturated carbocycles. The fourth-order valence-corrected chi connectivity index (χ4v) is 1.65. The maximum absolute atomic E-state index is 5.18. The van der Waals surface area contributed by atoms with Crippen LogP contribution in [0.1, 0.15) is 11.1 Å². The molecule has 88 valence electrons. The standard InChI is InChI=1S/C12H13N3OS/c1-8-4-3-5-10(9(8)2)13-12(17)14-11-6-7-16-15-11/h3-7H,1-2H3,(H2,13,14,15,17). The topological polar surface area (TPSA) is 50.1 Å². The Morgan fingerprint density at radius 1 is 1.24 bits per heavy atom. The van der Waals surface area contributed by atoms with Crippen LogP contribution in [-0.2, 0) is 0 Å².